The number of carboxylic acids is 2. The fourth-order valence-corrected chi connectivity index (χ4v) is 1.58. The number of hydrogen-bond donors (Lipinski definition) is 2. The number of hydrogen-bond acceptors (Lipinski definition) is 2. The predicted molar refractivity (Wildman–Crippen MR) is 58.2 cm³/mol. The number of aliphatic carboxylic acids is 2. The summed E-state index contributed by atoms with van der Waals surface area (Å²) in [4.78, 5) is 21.4. The van der Waals surface area contributed by atoms with Crippen LogP contribution in [0.3, 0.4) is 0 Å². The normalized spacial score (nSPS) is 12.1. The zero-order valence-corrected chi connectivity index (χ0v) is 9.31. The van der Waals surface area contributed by atoms with Gasteiger partial charge in [0.1, 0.15) is 5.82 Å². The molecule has 1 atom stereocenters. The van der Waals surface area contributed by atoms with Gasteiger partial charge in [-0.05, 0) is 30.5 Å². The zero-order chi connectivity index (χ0) is 13.0. The lowest BCUT2D eigenvalue weighted by molar-refractivity contribution is -0.148. The summed E-state index contributed by atoms with van der Waals surface area (Å²) in [6.07, 6.45) is -0.353. The van der Waals surface area contributed by atoms with Crippen LogP contribution in [0, 0.1) is 18.7 Å². The average Bonchev–Trinajstić information content (AvgIpc) is 2.21. The fourth-order valence-electron chi connectivity index (χ4n) is 1.58. The van der Waals surface area contributed by atoms with E-state index < -0.39 is 24.3 Å². The first-order valence-corrected chi connectivity index (χ1v) is 5.09. The van der Waals surface area contributed by atoms with Crippen molar-refractivity contribution >= 4 is 11.9 Å². The lowest BCUT2D eigenvalue weighted by atomic mass is 9.95. The number of carboxylic acid groups (broad SMARTS) is 2. The van der Waals surface area contributed by atoms with Crippen molar-refractivity contribution in [1.29, 1.82) is 0 Å². The molecule has 4 nitrogen and oxygen atoms in total. The van der Waals surface area contributed by atoms with Gasteiger partial charge in [0.2, 0.25) is 0 Å². The summed E-state index contributed by atoms with van der Waals surface area (Å²) in [7, 11) is 0. The second-order valence-corrected chi connectivity index (χ2v) is 3.92. The molecular formula is C12H13FO4. The van der Waals surface area contributed by atoms with Gasteiger partial charge in [0.05, 0.1) is 12.3 Å². The molecule has 5 heteroatoms. The Morgan fingerprint density at radius 3 is 2.47 bits per heavy atom. The summed E-state index contributed by atoms with van der Waals surface area (Å²) in [5.74, 6) is -3.66. The molecule has 2 N–H and O–H groups in total. The van der Waals surface area contributed by atoms with Crippen molar-refractivity contribution in [2.75, 3.05) is 0 Å². The molecule has 0 fully saturated rings. The largest absolute Gasteiger partial charge is 0.481 e. The second-order valence-electron chi connectivity index (χ2n) is 3.92. The van der Waals surface area contributed by atoms with Crippen LogP contribution < -0.4 is 0 Å². The fraction of sp³-hybridized carbons (Fsp3) is 0.333. The van der Waals surface area contributed by atoms with Crippen LogP contribution in [0.2, 0.25) is 0 Å². The third kappa shape index (κ3) is 3.86. The first-order chi connectivity index (χ1) is 7.90. The van der Waals surface area contributed by atoms with Gasteiger partial charge in [-0.15, -0.1) is 0 Å². The number of rotatable bonds is 5. The minimum Gasteiger partial charge on any atom is -0.481 e. The van der Waals surface area contributed by atoms with Crippen LogP contribution in [0.5, 0.6) is 0 Å². The highest BCUT2D eigenvalue weighted by Gasteiger charge is 2.21. The minimum absolute atomic E-state index is 0.0861. The smallest absolute Gasteiger partial charge is 0.307 e. The Bertz CT molecular complexity index is 442. The van der Waals surface area contributed by atoms with Crippen LogP contribution in [-0.4, -0.2) is 22.2 Å². The molecule has 0 saturated carbocycles. The highest BCUT2D eigenvalue weighted by molar-refractivity contribution is 5.78. The van der Waals surface area contributed by atoms with E-state index in [1.807, 2.05) is 0 Å². The number of aryl methyl sites for hydroxylation is 1. The molecule has 0 aliphatic heterocycles. The van der Waals surface area contributed by atoms with Crippen molar-refractivity contribution in [3.63, 3.8) is 0 Å². The van der Waals surface area contributed by atoms with Crippen LogP contribution in [0.1, 0.15) is 17.5 Å². The summed E-state index contributed by atoms with van der Waals surface area (Å²) in [5.41, 5.74) is 1.04. The molecule has 0 aliphatic carbocycles. The van der Waals surface area contributed by atoms with E-state index in [1.165, 1.54) is 18.2 Å². The van der Waals surface area contributed by atoms with Gasteiger partial charge in [-0.2, -0.15) is 0 Å². The lowest BCUT2D eigenvalue weighted by Crippen LogP contribution is -2.20. The van der Waals surface area contributed by atoms with E-state index in [2.05, 4.69) is 0 Å². The maximum atomic E-state index is 13.0. The first kappa shape index (κ1) is 13.2. The lowest BCUT2D eigenvalue weighted by Gasteiger charge is -2.10. The Morgan fingerprint density at radius 1 is 1.35 bits per heavy atom. The van der Waals surface area contributed by atoms with Crippen molar-refractivity contribution < 1.29 is 24.2 Å². The summed E-state index contributed by atoms with van der Waals surface area (Å²) in [6.45, 7) is 1.58. The van der Waals surface area contributed by atoms with Crippen molar-refractivity contribution in [3.05, 3.63) is 35.1 Å². The Morgan fingerprint density at radius 2 is 2.00 bits per heavy atom. The van der Waals surface area contributed by atoms with E-state index >= 15 is 0 Å². The number of carbonyl (C=O) groups is 2. The van der Waals surface area contributed by atoms with Gasteiger partial charge in [-0.25, -0.2) is 4.39 Å². The second kappa shape index (κ2) is 5.43. The van der Waals surface area contributed by atoms with Crippen LogP contribution in [0.25, 0.3) is 0 Å². The molecule has 0 spiro atoms. The van der Waals surface area contributed by atoms with Crippen molar-refractivity contribution in [2.24, 2.45) is 5.92 Å². The van der Waals surface area contributed by atoms with Crippen molar-refractivity contribution in [2.45, 2.75) is 19.8 Å². The van der Waals surface area contributed by atoms with E-state index in [4.69, 9.17) is 10.2 Å². The Hall–Kier alpha value is -1.91. The number of halogens is 1. The molecule has 0 heterocycles. The minimum atomic E-state index is -1.16. The molecular weight excluding hydrogens is 227 g/mol. The monoisotopic (exact) mass is 240 g/mol. The van der Waals surface area contributed by atoms with Gasteiger partial charge < -0.3 is 10.2 Å². The molecule has 92 valence electrons. The topological polar surface area (TPSA) is 74.6 Å². The van der Waals surface area contributed by atoms with Crippen molar-refractivity contribution in [3.8, 4) is 0 Å². The third-order valence-electron chi connectivity index (χ3n) is 2.47. The van der Waals surface area contributed by atoms with E-state index in [0.29, 0.717) is 11.1 Å². The van der Waals surface area contributed by atoms with Crippen LogP contribution in [0.4, 0.5) is 4.39 Å². The first-order valence-electron chi connectivity index (χ1n) is 5.09. The SMILES string of the molecule is Cc1cc(CC(CC(=O)O)C(=O)O)ccc1F. The average molecular weight is 240 g/mol. The standard InChI is InChI=1S/C12H13FO4/c1-7-4-8(2-3-10(7)13)5-9(12(16)17)6-11(14)15/h2-4,9H,5-6H2,1H3,(H,14,15)(H,16,17). The van der Waals surface area contributed by atoms with Gasteiger partial charge in [-0.3, -0.25) is 9.59 Å². The third-order valence-corrected chi connectivity index (χ3v) is 2.47. The maximum Gasteiger partial charge on any atom is 0.307 e. The van der Waals surface area contributed by atoms with Gasteiger partial charge in [0.25, 0.3) is 0 Å². The summed E-state index contributed by atoms with van der Waals surface area (Å²) >= 11 is 0. The summed E-state index contributed by atoms with van der Waals surface area (Å²) < 4.78 is 13.0. The predicted octanol–water partition coefficient (Wildman–Crippen LogP) is 1.85. The molecule has 1 rings (SSSR count). The van der Waals surface area contributed by atoms with Crippen LogP contribution in [-0.2, 0) is 16.0 Å². The highest BCUT2D eigenvalue weighted by Crippen LogP contribution is 2.16. The van der Waals surface area contributed by atoms with Gasteiger partial charge in [-0.1, -0.05) is 12.1 Å². The Balaban J connectivity index is 2.82. The molecule has 0 saturated heterocycles. The molecule has 1 aromatic rings. The van der Waals surface area contributed by atoms with Crippen molar-refractivity contribution in [1.82, 2.24) is 0 Å². The van der Waals surface area contributed by atoms with Gasteiger partial charge in [0, 0.05) is 0 Å². The van der Waals surface area contributed by atoms with Gasteiger partial charge in [0.15, 0.2) is 0 Å². The molecule has 0 amide bonds. The van der Waals surface area contributed by atoms with Gasteiger partial charge >= 0.3 is 11.9 Å². The molecule has 1 unspecified atom stereocenters. The molecule has 0 aromatic heterocycles. The summed E-state index contributed by atoms with van der Waals surface area (Å²) in [5, 5.41) is 17.5. The highest BCUT2D eigenvalue weighted by atomic mass is 19.1. The van der Waals surface area contributed by atoms with E-state index in [-0.39, 0.29) is 12.2 Å². The summed E-state index contributed by atoms with van der Waals surface area (Å²) in [6, 6.07) is 4.26. The van der Waals surface area contributed by atoms with E-state index in [9.17, 15) is 14.0 Å². The molecule has 0 bridgehead atoms. The van der Waals surface area contributed by atoms with E-state index in [0.717, 1.165) is 0 Å². The molecule has 0 aliphatic rings. The quantitative estimate of drug-likeness (QED) is 0.823. The Kier molecular flexibility index (Phi) is 4.20. The Labute approximate surface area is 97.7 Å². The van der Waals surface area contributed by atoms with Crippen LogP contribution >= 0.6 is 0 Å². The molecule has 1 aromatic carbocycles. The molecule has 17 heavy (non-hydrogen) atoms. The van der Waals surface area contributed by atoms with Crippen LogP contribution in [0.15, 0.2) is 18.2 Å². The molecule has 0 radical (unpaired) electrons. The zero-order valence-electron chi connectivity index (χ0n) is 9.31. The number of benzene rings is 1. The van der Waals surface area contributed by atoms with E-state index in [1.54, 1.807) is 6.92 Å². The maximum absolute atomic E-state index is 13.0.